The minimum absolute atomic E-state index is 0.153. The van der Waals surface area contributed by atoms with Gasteiger partial charge in [0.1, 0.15) is 0 Å². The van der Waals surface area contributed by atoms with Gasteiger partial charge in [-0.05, 0) is 26.5 Å². The van der Waals surface area contributed by atoms with Gasteiger partial charge in [0, 0.05) is 38.6 Å². The third-order valence-electron chi connectivity index (χ3n) is 3.13. The molecule has 1 unspecified atom stereocenters. The van der Waals surface area contributed by atoms with Crippen LogP contribution in [-0.2, 0) is 27.8 Å². The van der Waals surface area contributed by atoms with Crippen LogP contribution in [0.3, 0.4) is 0 Å². The van der Waals surface area contributed by atoms with Gasteiger partial charge in [0.05, 0.1) is 11.0 Å². The molecule has 6 nitrogen and oxygen atoms in total. The molecule has 1 rings (SSSR count). The highest BCUT2D eigenvalue weighted by atomic mass is 32.2. The van der Waals surface area contributed by atoms with Crippen LogP contribution in [0.25, 0.3) is 0 Å². The molecule has 0 aliphatic carbocycles. The Morgan fingerprint density at radius 3 is 2.65 bits per heavy atom. The van der Waals surface area contributed by atoms with Crippen LogP contribution in [0, 0.1) is 0 Å². The summed E-state index contributed by atoms with van der Waals surface area (Å²) >= 11 is 0. The third kappa shape index (κ3) is 4.59. The maximum absolute atomic E-state index is 12.2. The first kappa shape index (κ1) is 17.2. The van der Waals surface area contributed by atoms with Gasteiger partial charge < -0.3 is 14.6 Å². The average Bonchev–Trinajstić information content (AvgIpc) is 2.86. The summed E-state index contributed by atoms with van der Waals surface area (Å²) in [5.41, 5.74) is 0.967. The number of aryl methyl sites for hydroxylation is 1. The van der Waals surface area contributed by atoms with Gasteiger partial charge in [-0.1, -0.05) is 6.92 Å². The molecule has 0 aliphatic heterocycles. The number of ether oxygens (including phenoxy) is 1. The maximum atomic E-state index is 12.2. The van der Waals surface area contributed by atoms with E-state index in [1.165, 1.54) is 0 Å². The first-order chi connectivity index (χ1) is 9.44. The van der Waals surface area contributed by atoms with Crippen molar-refractivity contribution >= 4 is 10.0 Å². The Balaban J connectivity index is 2.86. The van der Waals surface area contributed by atoms with E-state index in [0.29, 0.717) is 11.4 Å². The molecule has 1 aromatic heterocycles. The van der Waals surface area contributed by atoms with E-state index in [1.807, 2.05) is 25.3 Å². The van der Waals surface area contributed by atoms with Crippen molar-refractivity contribution < 1.29 is 13.2 Å². The second-order valence-corrected chi connectivity index (χ2v) is 6.40. The lowest BCUT2D eigenvalue weighted by Crippen LogP contribution is -2.31. The number of nitrogens with one attached hydrogen (secondary N) is 2. The first-order valence-corrected chi connectivity index (χ1v) is 8.35. The van der Waals surface area contributed by atoms with Crippen LogP contribution in [0.5, 0.6) is 0 Å². The number of sulfonamides is 1. The minimum Gasteiger partial charge on any atom is -0.380 e. The molecule has 0 saturated heterocycles. The lowest BCUT2D eigenvalue weighted by atomic mass is 10.4. The van der Waals surface area contributed by atoms with Crippen molar-refractivity contribution in [2.24, 2.45) is 0 Å². The van der Waals surface area contributed by atoms with Crippen molar-refractivity contribution in [3.63, 3.8) is 0 Å². The lowest BCUT2D eigenvalue weighted by Gasteiger charge is -2.10. The molecule has 0 radical (unpaired) electrons. The van der Waals surface area contributed by atoms with E-state index in [2.05, 4.69) is 10.0 Å². The summed E-state index contributed by atoms with van der Waals surface area (Å²) in [6, 6.07) is 1.71. The zero-order valence-electron chi connectivity index (χ0n) is 12.6. The van der Waals surface area contributed by atoms with Gasteiger partial charge in [0.25, 0.3) is 0 Å². The van der Waals surface area contributed by atoms with Gasteiger partial charge in [-0.2, -0.15) is 0 Å². The average molecular weight is 303 g/mol. The zero-order chi connectivity index (χ0) is 15.2. The fourth-order valence-corrected chi connectivity index (χ4v) is 2.94. The van der Waals surface area contributed by atoms with Gasteiger partial charge in [-0.25, -0.2) is 13.1 Å². The Kier molecular flexibility index (Phi) is 6.67. The third-order valence-corrected chi connectivity index (χ3v) is 4.52. The molecule has 0 aliphatic rings. The van der Waals surface area contributed by atoms with Crippen LogP contribution in [0.4, 0.5) is 0 Å². The summed E-state index contributed by atoms with van der Waals surface area (Å²) < 4.78 is 34.0. The van der Waals surface area contributed by atoms with Gasteiger partial charge in [0.15, 0.2) is 0 Å². The van der Waals surface area contributed by atoms with Crippen LogP contribution < -0.4 is 10.0 Å². The van der Waals surface area contributed by atoms with E-state index in [9.17, 15) is 8.42 Å². The molecule has 116 valence electrons. The van der Waals surface area contributed by atoms with E-state index >= 15 is 0 Å². The van der Waals surface area contributed by atoms with Crippen molar-refractivity contribution in [3.05, 3.63) is 18.0 Å². The van der Waals surface area contributed by atoms with Crippen LogP contribution in [0.2, 0.25) is 0 Å². The molecule has 0 amide bonds. The molecule has 1 aromatic rings. The highest BCUT2D eigenvalue weighted by Crippen LogP contribution is 2.14. The summed E-state index contributed by atoms with van der Waals surface area (Å²) in [5.74, 6) is 0. The summed E-state index contributed by atoms with van der Waals surface area (Å²) in [4.78, 5) is 0.301. The fourth-order valence-electron chi connectivity index (χ4n) is 1.76. The Bertz CT molecular complexity index is 511. The van der Waals surface area contributed by atoms with E-state index in [1.54, 1.807) is 19.4 Å². The normalized spacial score (nSPS) is 13.6. The molecule has 0 bridgehead atoms. The summed E-state index contributed by atoms with van der Waals surface area (Å²) in [6.07, 6.45) is 1.52. The Morgan fingerprint density at radius 2 is 2.10 bits per heavy atom. The van der Waals surface area contributed by atoms with Gasteiger partial charge >= 0.3 is 0 Å². The van der Waals surface area contributed by atoms with Crippen LogP contribution >= 0.6 is 0 Å². The highest BCUT2D eigenvalue weighted by molar-refractivity contribution is 7.89. The minimum atomic E-state index is -3.48. The van der Waals surface area contributed by atoms with Crippen molar-refractivity contribution in [2.45, 2.75) is 44.9 Å². The predicted molar refractivity (Wildman–Crippen MR) is 79.1 cm³/mol. The number of methoxy groups -OCH3 is 1. The molecule has 0 fully saturated rings. The molecule has 1 heterocycles. The van der Waals surface area contributed by atoms with E-state index < -0.39 is 10.0 Å². The smallest absolute Gasteiger partial charge is 0.242 e. The molecule has 0 aromatic carbocycles. The van der Waals surface area contributed by atoms with Gasteiger partial charge in [-0.15, -0.1) is 0 Å². The van der Waals surface area contributed by atoms with E-state index in [0.717, 1.165) is 18.8 Å². The van der Waals surface area contributed by atoms with Gasteiger partial charge in [-0.3, -0.25) is 0 Å². The first-order valence-electron chi connectivity index (χ1n) is 6.86. The van der Waals surface area contributed by atoms with E-state index in [4.69, 9.17) is 4.74 Å². The van der Waals surface area contributed by atoms with Gasteiger partial charge in [0.2, 0.25) is 10.0 Å². The topological polar surface area (TPSA) is 72.4 Å². The molecule has 0 saturated carbocycles. The monoisotopic (exact) mass is 303 g/mol. The summed E-state index contributed by atoms with van der Waals surface area (Å²) in [7, 11) is -1.92. The Labute approximate surface area is 121 Å². The van der Waals surface area contributed by atoms with Crippen LogP contribution in [0.15, 0.2) is 17.2 Å². The second kappa shape index (κ2) is 7.78. The van der Waals surface area contributed by atoms with E-state index in [-0.39, 0.29) is 12.6 Å². The largest absolute Gasteiger partial charge is 0.380 e. The fraction of sp³-hybridized carbons (Fsp3) is 0.692. The maximum Gasteiger partial charge on any atom is 0.242 e. The molecule has 20 heavy (non-hydrogen) atoms. The Hall–Kier alpha value is -0.890. The summed E-state index contributed by atoms with van der Waals surface area (Å²) in [6.45, 7) is 8.34. The quantitative estimate of drug-likeness (QED) is 0.712. The highest BCUT2D eigenvalue weighted by Gasteiger charge is 2.18. The second-order valence-electron chi connectivity index (χ2n) is 4.63. The van der Waals surface area contributed by atoms with Crippen molar-refractivity contribution in [3.8, 4) is 0 Å². The molecule has 1 atom stereocenters. The standard InChI is InChI=1S/C13H25N3O3S/c1-5-14-9-12-7-13(10-16(12)6-2)20(17,18)15-8-11(3)19-4/h7,10-11,14-15H,5-6,8-9H2,1-4H3. The number of hydrogen-bond donors (Lipinski definition) is 2. The number of hydrogen-bond acceptors (Lipinski definition) is 4. The number of aromatic nitrogens is 1. The van der Waals surface area contributed by atoms with Crippen molar-refractivity contribution in [1.82, 2.24) is 14.6 Å². The van der Waals surface area contributed by atoms with Crippen LogP contribution in [-0.4, -0.2) is 39.3 Å². The molecular weight excluding hydrogens is 278 g/mol. The van der Waals surface area contributed by atoms with Crippen LogP contribution in [0.1, 0.15) is 26.5 Å². The van der Waals surface area contributed by atoms with Crippen molar-refractivity contribution in [1.29, 1.82) is 0 Å². The zero-order valence-corrected chi connectivity index (χ0v) is 13.5. The lowest BCUT2D eigenvalue weighted by molar-refractivity contribution is 0.122. The molecule has 7 heteroatoms. The SMILES string of the molecule is CCNCc1cc(S(=O)(=O)NCC(C)OC)cn1CC. The number of nitrogens with zero attached hydrogens (tertiary/aromatic N) is 1. The molecule has 2 N–H and O–H groups in total. The Morgan fingerprint density at radius 1 is 1.40 bits per heavy atom. The van der Waals surface area contributed by atoms with Crippen molar-refractivity contribution in [2.75, 3.05) is 20.2 Å². The summed E-state index contributed by atoms with van der Waals surface area (Å²) in [5, 5.41) is 3.21. The molecular formula is C13H25N3O3S. The predicted octanol–water partition coefficient (Wildman–Crippen LogP) is 0.931. The number of rotatable bonds is 9. The molecule has 0 spiro atoms.